The van der Waals surface area contributed by atoms with Crippen molar-refractivity contribution in [2.45, 2.75) is 55.3 Å². The van der Waals surface area contributed by atoms with Crippen LogP contribution in [0.25, 0.3) is 21.9 Å². The first-order valence-corrected chi connectivity index (χ1v) is 12.7. The van der Waals surface area contributed by atoms with Gasteiger partial charge < -0.3 is 73.7 Å². The largest absolute Gasteiger partial charge is 0.507 e. The van der Waals surface area contributed by atoms with Gasteiger partial charge in [-0.2, -0.15) is 0 Å². The molecule has 1 aromatic heterocycles. The van der Waals surface area contributed by atoms with Gasteiger partial charge in [-0.15, -0.1) is 0 Å². The zero-order valence-corrected chi connectivity index (χ0v) is 22.2. The third-order valence-corrected chi connectivity index (χ3v) is 7.16. The molecule has 0 radical (unpaired) electrons. The van der Waals surface area contributed by atoms with Crippen molar-refractivity contribution in [3.8, 4) is 28.7 Å². The molecule has 2 fully saturated rings. The number of benzene rings is 2. The van der Waals surface area contributed by atoms with E-state index >= 15 is 0 Å². The lowest BCUT2D eigenvalue weighted by Gasteiger charge is -2.41. The Morgan fingerprint density at radius 3 is 2.26 bits per heavy atom. The second kappa shape index (κ2) is 11.7. The van der Waals surface area contributed by atoms with Gasteiger partial charge in [0.2, 0.25) is 17.5 Å². The predicted octanol–water partition coefficient (Wildman–Crippen LogP) is -1.98. The molecule has 0 saturated carbocycles. The summed E-state index contributed by atoms with van der Waals surface area (Å²) in [4.78, 5) is 13.4. The molecule has 2 aliphatic rings. The Labute approximate surface area is 236 Å². The molecular formula is C26H30O16. The summed E-state index contributed by atoms with van der Waals surface area (Å²) in [6, 6.07) is 3.60. The van der Waals surface area contributed by atoms with Crippen LogP contribution in [0.3, 0.4) is 0 Å². The van der Waals surface area contributed by atoms with Gasteiger partial charge >= 0.3 is 0 Å². The lowest BCUT2D eigenvalue weighted by atomic mass is 9.99. The molecule has 42 heavy (non-hydrogen) atoms. The molecule has 3 aromatic rings. The van der Waals surface area contributed by atoms with Gasteiger partial charge in [0.25, 0.3) is 0 Å². The molecule has 0 spiro atoms. The molecule has 8 N–H and O–H groups in total. The number of phenolic OH excluding ortho intramolecular Hbond substituents is 2. The second-order valence-corrected chi connectivity index (χ2v) is 9.77. The maximum absolute atomic E-state index is 13.4. The van der Waals surface area contributed by atoms with Crippen LogP contribution >= 0.6 is 0 Å². The van der Waals surface area contributed by atoms with Crippen LogP contribution in [-0.2, 0) is 14.2 Å². The molecular weight excluding hydrogens is 568 g/mol. The van der Waals surface area contributed by atoms with Crippen LogP contribution in [0.15, 0.2) is 27.4 Å². The van der Waals surface area contributed by atoms with E-state index in [1.54, 1.807) is 0 Å². The quantitative estimate of drug-likeness (QED) is 0.137. The number of phenols is 2. The summed E-state index contributed by atoms with van der Waals surface area (Å²) in [5.41, 5.74) is -1.11. The zero-order valence-electron chi connectivity index (χ0n) is 22.2. The number of hydrogen-bond acceptors (Lipinski definition) is 16. The summed E-state index contributed by atoms with van der Waals surface area (Å²) in [5, 5.41) is 81.5. The standard InChI is InChI=1S/C26H30O16/c1-36-12-5-8(27)14-19(32)15-10(40-24(14)23(12)37-2)3-4-11(17(15)30)41-26-22(35)20(33)18(31)13(42-26)7-39-25-21(34)16(29)9(28)6-38-25/h3-5,9,13,16,18,20-22,25-31,33-35H,6-7H2,1-2H3. The molecule has 2 saturated heterocycles. The van der Waals surface area contributed by atoms with Gasteiger partial charge in [-0.05, 0) is 12.1 Å². The first kappa shape index (κ1) is 30.0. The highest BCUT2D eigenvalue weighted by molar-refractivity contribution is 6.00. The Kier molecular flexibility index (Phi) is 8.35. The van der Waals surface area contributed by atoms with Crippen LogP contribution in [-0.4, -0.2) is 124 Å². The lowest BCUT2D eigenvalue weighted by Crippen LogP contribution is -2.61. The van der Waals surface area contributed by atoms with E-state index in [0.29, 0.717) is 0 Å². The van der Waals surface area contributed by atoms with Gasteiger partial charge in [0.05, 0.1) is 27.4 Å². The van der Waals surface area contributed by atoms with Crippen LogP contribution in [0, 0.1) is 0 Å². The smallest absolute Gasteiger partial charge is 0.229 e. The van der Waals surface area contributed by atoms with E-state index in [4.69, 9.17) is 32.8 Å². The summed E-state index contributed by atoms with van der Waals surface area (Å²) in [6.45, 7) is -0.869. The van der Waals surface area contributed by atoms with Gasteiger partial charge in [-0.1, -0.05) is 0 Å². The number of hydrogen-bond donors (Lipinski definition) is 8. The molecule has 3 heterocycles. The van der Waals surface area contributed by atoms with E-state index in [0.717, 1.165) is 6.07 Å². The monoisotopic (exact) mass is 598 g/mol. The van der Waals surface area contributed by atoms with E-state index < -0.39 is 84.2 Å². The van der Waals surface area contributed by atoms with Crippen molar-refractivity contribution in [2.24, 2.45) is 0 Å². The van der Waals surface area contributed by atoms with Gasteiger partial charge in [0, 0.05) is 6.07 Å². The molecule has 0 amide bonds. The van der Waals surface area contributed by atoms with Crippen molar-refractivity contribution in [2.75, 3.05) is 27.4 Å². The molecule has 0 bridgehead atoms. The Bertz CT molecular complexity index is 1510. The summed E-state index contributed by atoms with van der Waals surface area (Å²) in [7, 11) is 2.64. The number of ether oxygens (including phenoxy) is 6. The molecule has 9 atom stereocenters. The van der Waals surface area contributed by atoms with Crippen LogP contribution in [0.1, 0.15) is 0 Å². The van der Waals surface area contributed by atoms with E-state index in [-0.39, 0.29) is 40.4 Å². The molecule has 16 nitrogen and oxygen atoms in total. The number of rotatable bonds is 7. The molecule has 5 rings (SSSR count). The summed E-state index contributed by atoms with van der Waals surface area (Å²) < 4.78 is 37.9. The van der Waals surface area contributed by atoms with Crippen LogP contribution < -0.4 is 19.6 Å². The number of aromatic hydroxyl groups is 2. The van der Waals surface area contributed by atoms with E-state index in [1.807, 2.05) is 0 Å². The number of methoxy groups -OCH3 is 2. The van der Waals surface area contributed by atoms with Crippen molar-refractivity contribution >= 4 is 21.9 Å². The Morgan fingerprint density at radius 2 is 1.57 bits per heavy atom. The average molecular weight is 599 g/mol. The SMILES string of the molecule is COc1cc(O)c2c(=O)c3c(O)c(OC4OC(COC5OCC(O)C(O)C5O)C(O)C(O)C4O)ccc3oc2c1OC. The van der Waals surface area contributed by atoms with Crippen LogP contribution in [0.4, 0.5) is 0 Å². The summed E-state index contributed by atoms with van der Waals surface area (Å²) in [6.07, 6.45) is -14.4. The highest BCUT2D eigenvalue weighted by atomic mass is 16.7. The van der Waals surface area contributed by atoms with E-state index in [9.17, 15) is 45.6 Å². The molecule has 9 unspecified atom stereocenters. The number of aliphatic hydroxyl groups is 6. The molecule has 2 aliphatic heterocycles. The fraction of sp³-hybridized carbons (Fsp3) is 0.500. The van der Waals surface area contributed by atoms with Gasteiger partial charge in [-0.25, -0.2) is 0 Å². The molecule has 2 aromatic carbocycles. The Morgan fingerprint density at radius 1 is 0.857 bits per heavy atom. The first-order valence-electron chi connectivity index (χ1n) is 12.7. The third-order valence-electron chi connectivity index (χ3n) is 7.16. The summed E-state index contributed by atoms with van der Waals surface area (Å²) >= 11 is 0. The third kappa shape index (κ3) is 5.06. The molecule has 16 heteroatoms. The fourth-order valence-corrected chi connectivity index (χ4v) is 4.85. The predicted molar refractivity (Wildman–Crippen MR) is 137 cm³/mol. The average Bonchev–Trinajstić information content (AvgIpc) is 2.97. The normalized spacial score (nSPS) is 31.8. The zero-order chi connectivity index (χ0) is 30.5. The minimum absolute atomic E-state index is 0.0282. The van der Waals surface area contributed by atoms with Crippen molar-refractivity contribution in [1.29, 1.82) is 0 Å². The van der Waals surface area contributed by atoms with E-state index in [1.165, 1.54) is 26.4 Å². The van der Waals surface area contributed by atoms with Gasteiger partial charge in [0.15, 0.2) is 29.1 Å². The highest BCUT2D eigenvalue weighted by Crippen LogP contribution is 2.43. The second-order valence-electron chi connectivity index (χ2n) is 9.77. The lowest BCUT2D eigenvalue weighted by molar-refractivity contribution is -0.307. The van der Waals surface area contributed by atoms with Crippen molar-refractivity contribution in [3.63, 3.8) is 0 Å². The highest BCUT2D eigenvalue weighted by Gasteiger charge is 2.46. The number of aliphatic hydroxyl groups excluding tert-OH is 6. The number of fused-ring (bicyclic) bond motifs is 2. The maximum Gasteiger partial charge on any atom is 0.229 e. The minimum Gasteiger partial charge on any atom is -0.507 e. The van der Waals surface area contributed by atoms with E-state index in [2.05, 4.69) is 0 Å². The maximum atomic E-state index is 13.4. The summed E-state index contributed by atoms with van der Waals surface area (Å²) in [5.74, 6) is -1.52. The first-order chi connectivity index (χ1) is 20.0. The van der Waals surface area contributed by atoms with Crippen molar-refractivity contribution in [1.82, 2.24) is 0 Å². The van der Waals surface area contributed by atoms with Crippen molar-refractivity contribution in [3.05, 3.63) is 28.4 Å². The minimum atomic E-state index is -1.84. The van der Waals surface area contributed by atoms with Gasteiger partial charge in [0.1, 0.15) is 64.8 Å². The van der Waals surface area contributed by atoms with Crippen LogP contribution in [0.2, 0.25) is 0 Å². The molecule has 0 aliphatic carbocycles. The van der Waals surface area contributed by atoms with Crippen LogP contribution in [0.5, 0.6) is 28.7 Å². The topological polar surface area (TPSA) is 247 Å². The fourth-order valence-electron chi connectivity index (χ4n) is 4.85. The Balaban J connectivity index is 1.42. The van der Waals surface area contributed by atoms with Gasteiger partial charge in [-0.3, -0.25) is 4.79 Å². The van der Waals surface area contributed by atoms with Crippen molar-refractivity contribution < 1.29 is 73.7 Å². The molecule has 230 valence electrons. The Hall–Kier alpha value is -3.45.